The quantitative estimate of drug-likeness (QED) is 0.831. The largest absolute Gasteiger partial charge is 0.358 e. The molecule has 1 rings (SSSR count). The molecule has 0 radical (unpaired) electrons. The number of carbonyl (C=O) groups is 1. The number of aryl methyl sites for hydroxylation is 1. The van der Waals surface area contributed by atoms with E-state index in [2.05, 4.69) is 15.6 Å². The van der Waals surface area contributed by atoms with Gasteiger partial charge in [-0.3, -0.25) is 9.78 Å². The Bertz CT molecular complexity index is 344. The first-order chi connectivity index (χ1) is 7.15. The van der Waals surface area contributed by atoms with Crippen LogP contribution in [0.1, 0.15) is 18.2 Å². The zero-order valence-corrected chi connectivity index (χ0v) is 10.6. The Balaban J connectivity index is 0.00000225. The lowest BCUT2D eigenvalue weighted by molar-refractivity contribution is -0.122. The molecule has 1 aromatic heterocycles. The number of nitrogens with one attached hydrogen (secondary N) is 2. The summed E-state index contributed by atoms with van der Waals surface area (Å²) in [6.45, 7) is 4.46. The minimum Gasteiger partial charge on any atom is -0.358 e. The molecule has 0 fully saturated rings. The number of nitrogens with zero attached hydrogens (tertiary/aromatic N) is 1. The Labute approximate surface area is 102 Å². The molecule has 1 atom stereocenters. The molecule has 0 aliphatic rings. The number of aromatic nitrogens is 1. The van der Waals surface area contributed by atoms with Gasteiger partial charge in [0, 0.05) is 25.5 Å². The van der Waals surface area contributed by atoms with Crippen LogP contribution in [-0.2, 0) is 11.3 Å². The van der Waals surface area contributed by atoms with E-state index in [4.69, 9.17) is 0 Å². The van der Waals surface area contributed by atoms with Crippen molar-refractivity contribution in [2.24, 2.45) is 0 Å². The number of pyridine rings is 1. The molecule has 1 amide bonds. The number of hydrogen-bond acceptors (Lipinski definition) is 3. The molecule has 0 saturated heterocycles. The molecular formula is C11H18ClN3O. The molecule has 0 aliphatic heterocycles. The molecule has 2 N–H and O–H groups in total. The summed E-state index contributed by atoms with van der Waals surface area (Å²) in [7, 11) is 1.63. The van der Waals surface area contributed by atoms with Crippen molar-refractivity contribution in [3.8, 4) is 0 Å². The maximum absolute atomic E-state index is 11.2. The molecule has 4 nitrogen and oxygen atoms in total. The molecule has 1 heterocycles. The third-order valence-electron chi connectivity index (χ3n) is 2.35. The van der Waals surface area contributed by atoms with Gasteiger partial charge >= 0.3 is 0 Å². The van der Waals surface area contributed by atoms with Gasteiger partial charge in [-0.2, -0.15) is 0 Å². The van der Waals surface area contributed by atoms with E-state index in [0.29, 0.717) is 6.54 Å². The Morgan fingerprint density at radius 1 is 1.56 bits per heavy atom. The predicted octanol–water partition coefficient (Wildman–Crippen LogP) is 1.04. The highest BCUT2D eigenvalue weighted by molar-refractivity contribution is 5.85. The van der Waals surface area contributed by atoms with Crippen molar-refractivity contribution in [1.29, 1.82) is 0 Å². The van der Waals surface area contributed by atoms with Crippen LogP contribution in [0.2, 0.25) is 0 Å². The molecule has 0 aliphatic carbocycles. The van der Waals surface area contributed by atoms with Gasteiger partial charge in [-0.15, -0.1) is 12.4 Å². The topological polar surface area (TPSA) is 54.0 Å². The minimum absolute atomic E-state index is 0. The van der Waals surface area contributed by atoms with Gasteiger partial charge in [0.25, 0.3) is 0 Å². The van der Waals surface area contributed by atoms with Crippen molar-refractivity contribution >= 4 is 18.3 Å². The summed E-state index contributed by atoms with van der Waals surface area (Å²) in [5.74, 6) is -0.00320. The van der Waals surface area contributed by atoms with Crippen LogP contribution in [0.5, 0.6) is 0 Å². The predicted molar refractivity (Wildman–Crippen MR) is 66.6 cm³/mol. The second kappa shape index (κ2) is 7.19. The molecule has 0 unspecified atom stereocenters. The van der Waals surface area contributed by atoms with Crippen LogP contribution in [-0.4, -0.2) is 24.0 Å². The second-order valence-electron chi connectivity index (χ2n) is 3.46. The molecule has 16 heavy (non-hydrogen) atoms. The lowest BCUT2D eigenvalue weighted by Crippen LogP contribution is -2.40. The van der Waals surface area contributed by atoms with Gasteiger partial charge in [0.15, 0.2) is 0 Å². The fourth-order valence-electron chi connectivity index (χ4n) is 1.28. The number of hydrogen-bond donors (Lipinski definition) is 2. The molecule has 0 spiro atoms. The first kappa shape index (κ1) is 14.9. The molecule has 1 aromatic rings. The van der Waals surface area contributed by atoms with Crippen LogP contribution in [0.25, 0.3) is 0 Å². The first-order valence-electron chi connectivity index (χ1n) is 5.00. The van der Waals surface area contributed by atoms with Crippen molar-refractivity contribution in [1.82, 2.24) is 15.6 Å². The van der Waals surface area contributed by atoms with Crippen LogP contribution < -0.4 is 10.6 Å². The summed E-state index contributed by atoms with van der Waals surface area (Å²) >= 11 is 0. The molecular weight excluding hydrogens is 226 g/mol. The summed E-state index contributed by atoms with van der Waals surface area (Å²) in [6, 6.07) is 3.72. The van der Waals surface area contributed by atoms with E-state index >= 15 is 0 Å². The van der Waals surface area contributed by atoms with Crippen molar-refractivity contribution in [2.75, 3.05) is 7.05 Å². The summed E-state index contributed by atoms with van der Waals surface area (Å²) < 4.78 is 0. The summed E-state index contributed by atoms with van der Waals surface area (Å²) in [5.41, 5.74) is 2.11. The highest BCUT2D eigenvalue weighted by Crippen LogP contribution is 2.03. The van der Waals surface area contributed by atoms with Crippen molar-refractivity contribution in [2.45, 2.75) is 26.4 Å². The number of amides is 1. The summed E-state index contributed by atoms with van der Waals surface area (Å²) in [4.78, 5) is 15.4. The van der Waals surface area contributed by atoms with Gasteiger partial charge in [-0.25, -0.2) is 0 Å². The van der Waals surface area contributed by atoms with Crippen LogP contribution in [0.3, 0.4) is 0 Å². The fourth-order valence-corrected chi connectivity index (χ4v) is 1.28. The third kappa shape index (κ3) is 4.16. The van der Waals surface area contributed by atoms with E-state index in [1.807, 2.05) is 26.0 Å². The minimum atomic E-state index is -0.186. The van der Waals surface area contributed by atoms with Gasteiger partial charge < -0.3 is 10.6 Å². The molecule has 0 saturated carbocycles. The average molecular weight is 244 g/mol. The Hall–Kier alpha value is -1.13. The summed E-state index contributed by atoms with van der Waals surface area (Å²) in [5, 5.41) is 5.74. The van der Waals surface area contributed by atoms with Gasteiger partial charge in [0.05, 0.1) is 6.04 Å². The maximum atomic E-state index is 11.2. The highest BCUT2D eigenvalue weighted by Gasteiger charge is 2.09. The number of carbonyl (C=O) groups excluding carboxylic acids is 1. The van der Waals surface area contributed by atoms with E-state index in [1.54, 1.807) is 13.2 Å². The molecule has 0 bridgehead atoms. The van der Waals surface area contributed by atoms with Crippen LogP contribution in [0, 0.1) is 6.92 Å². The standard InChI is InChI=1S/C11H17N3O.ClH/c1-8-10(5-4-6-13-8)7-14-9(2)11(15)12-3;/h4-6,9,14H,7H2,1-3H3,(H,12,15);1H/t9-;/m1./s1. The number of halogens is 1. The summed E-state index contributed by atoms with van der Waals surface area (Å²) in [6.07, 6.45) is 1.76. The normalized spacial score (nSPS) is 11.4. The van der Waals surface area contributed by atoms with Gasteiger partial charge in [0.2, 0.25) is 5.91 Å². The van der Waals surface area contributed by atoms with Crippen LogP contribution in [0.15, 0.2) is 18.3 Å². The monoisotopic (exact) mass is 243 g/mol. The van der Waals surface area contributed by atoms with Gasteiger partial charge in [-0.05, 0) is 25.5 Å². The zero-order valence-electron chi connectivity index (χ0n) is 9.78. The second-order valence-corrected chi connectivity index (χ2v) is 3.46. The molecule has 90 valence electrons. The van der Waals surface area contributed by atoms with Crippen molar-refractivity contribution < 1.29 is 4.79 Å². The average Bonchev–Trinajstić information content (AvgIpc) is 2.26. The van der Waals surface area contributed by atoms with E-state index in [9.17, 15) is 4.79 Å². The lowest BCUT2D eigenvalue weighted by atomic mass is 10.2. The van der Waals surface area contributed by atoms with Crippen LogP contribution >= 0.6 is 12.4 Å². The SMILES string of the molecule is CNC(=O)[C@@H](C)NCc1cccnc1C.Cl. The Morgan fingerprint density at radius 3 is 2.81 bits per heavy atom. The maximum Gasteiger partial charge on any atom is 0.236 e. The Morgan fingerprint density at radius 2 is 2.25 bits per heavy atom. The number of rotatable bonds is 4. The lowest BCUT2D eigenvalue weighted by Gasteiger charge is -2.12. The number of likely N-dealkylation sites (N-methyl/N-ethyl adjacent to an activating group) is 1. The molecule has 0 aromatic carbocycles. The van der Waals surface area contributed by atoms with Crippen molar-refractivity contribution in [3.63, 3.8) is 0 Å². The fraction of sp³-hybridized carbons (Fsp3) is 0.455. The van der Waals surface area contributed by atoms with E-state index < -0.39 is 0 Å². The third-order valence-corrected chi connectivity index (χ3v) is 2.35. The van der Waals surface area contributed by atoms with Crippen LogP contribution in [0.4, 0.5) is 0 Å². The Kier molecular flexibility index (Phi) is 6.69. The highest BCUT2D eigenvalue weighted by atomic mass is 35.5. The smallest absolute Gasteiger partial charge is 0.236 e. The van der Waals surface area contributed by atoms with Gasteiger partial charge in [-0.1, -0.05) is 6.07 Å². The zero-order chi connectivity index (χ0) is 11.3. The molecule has 5 heteroatoms. The van der Waals surface area contributed by atoms with Gasteiger partial charge in [0.1, 0.15) is 0 Å². The van der Waals surface area contributed by atoms with E-state index in [1.165, 1.54) is 0 Å². The van der Waals surface area contributed by atoms with E-state index in [0.717, 1.165) is 11.3 Å². The first-order valence-corrected chi connectivity index (χ1v) is 5.00. The van der Waals surface area contributed by atoms with Crippen molar-refractivity contribution in [3.05, 3.63) is 29.6 Å². The van der Waals surface area contributed by atoms with E-state index in [-0.39, 0.29) is 24.4 Å².